The normalized spacial score (nSPS) is 16.8. The highest BCUT2D eigenvalue weighted by atomic mass is 19.1. The number of anilines is 3. The van der Waals surface area contributed by atoms with Gasteiger partial charge in [0.05, 0.1) is 11.4 Å². The first kappa shape index (κ1) is 25.6. The molecule has 190 valence electrons. The Kier molecular flexibility index (Phi) is 7.37. The molecule has 0 bridgehead atoms. The Hall–Kier alpha value is -4.47. The second-order valence-corrected chi connectivity index (χ2v) is 9.77. The fourth-order valence-corrected chi connectivity index (χ4v) is 3.61. The number of aromatic nitrogens is 4. The molecule has 0 radical (unpaired) electrons. The molecule has 0 unspecified atom stereocenters. The van der Waals surface area contributed by atoms with Crippen LogP contribution in [0.2, 0.25) is 0 Å². The number of aromatic amines is 1. The predicted octanol–water partition coefficient (Wildman–Crippen LogP) is 5.16. The molecule has 3 heterocycles. The number of carbonyl (C=O) groups excluding carboxylic acids is 1. The minimum Gasteiger partial charge on any atom is -0.336 e. The van der Waals surface area contributed by atoms with E-state index in [9.17, 15) is 14.0 Å². The summed E-state index contributed by atoms with van der Waals surface area (Å²) in [6.45, 7) is 8.27. The fourth-order valence-electron chi connectivity index (χ4n) is 3.61. The van der Waals surface area contributed by atoms with Crippen LogP contribution in [0.5, 0.6) is 0 Å². The minimum absolute atomic E-state index is 0.0159. The third kappa shape index (κ3) is 6.40. The van der Waals surface area contributed by atoms with Gasteiger partial charge in [0.25, 0.3) is 11.5 Å². The number of benzene rings is 1. The van der Waals surface area contributed by atoms with Gasteiger partial charge in [-0.15, -0.1) is 0 Å². The quantitative estimate of drug-likeness (QED) is 0.444. The molecule has 0 spiro atoms. The lowest BCUT2D eigenvalue weighted by Gasteiger charge is -2.22. The van der Waals surface area contributed by atoms with Crippen molar-refractivity contribution in [2.45, 2.75) is 40.5 Å². The molecule has 1 aliphatic heterocycles. The zero-order valence-corrected chi connectivity index (χ0v) is 21.1. The van der Waals surface area contributed by atoms with Crippen molar-refractivity contribution in [3.8, 4) is 11.3 Å². The van der Waals surface area contributed by atoms with E-state index >= 15 is 0 Å². The van der Waals surface area contributed by atoms with Crippen LogP contribution in [0.25, 0.3) is 11.3 Å². The molecule has 2 aromatic heterocycles. The predicted molar refractivity (Wildman–Crippen MR) is 142 cm³/mol. The number of nitrogens with one attached hydrogen (secondary N) is 3. The van der Waals surface area contributed by atoms with Gasteiger partial charge in [0, 0.05) is 18.0 Å². The van der Waals surface area contributed by atoms with Crippen molar-refractivity contribution in [2.75, 3.05) is 10.6 Å². The monoisotopic (exact) mass is 501 g/mol. The SMILES string of the molecule is C/C1=C/C(C(C)(C)C)=C\N=C(C(=O)Nc2cc(-c3cc(Nc4ccncn4)c(=O)[nH]n3)ccc2F)CC1. The van der Waals surface area contributed by atoms with Crippen molar-refractivity contribution in [2.24, 2.45) is 10.4 Å². The third-order valence-corrected chi connectivity index (χ3v) is 5.80. The van der Waals surface area contributed by atoms with Gasteiger partial charge in [-0.05, 0) is 61.1 Å². The number of amides is 1. The van der Waals surface area contributed by atoms with E-state index in [4.69, 9.17) is 0 Å². The molecular weight excluding hydrogens is 473 g/mol. The number of H-pyrrole nitrogens is 1. The number of carbonyl (C=O) groups is 1. The smallest absolute Gasteiger partial charge is 0.287 e. The largest absolute Gasteiger partial charge is 0.336 e. The van der Waals surface area contributed by atoms with Crippen molar-refractivity contribution >= 4 is 28.8 Å². The molecule has 10 heteroatoms. The summed E-state index contributed by atoms with van der Waals surface area (Å²) in [6, 6.07) is 7.35. The average molecular weight is 502 g/mol. The van der Waals surface area contributed by atoms with Crippen LogP contribution in [-0.4, -0.2) is 31.8 Å². The first-order valence-electron chi connectivity index (χ1n) is 11.8. The topological polar surface area (TPSA) is 125 Å². The highest BCUT2D eigenvalue weighted by Gasteiger charge is 2.20. The number of aliphatic imine (C=N–C) groups is 1. The maximum atomic E-state index is 14.7. The Balaban J connectivity index is 1.59. The van der Waals surface area contributed by atoms with E-state index in [-0.39, 0.29) is 16.8 Å². The van der Waals surface area contributed by atoms with Crippen LogP contribution >= 0.6 is 0 Å². The summed E-state index contributed by atoms with van der Waals surface area (Å²) in [5.41, 5.74) is 2.94. The van der Waals surface area contributed by atoms with Crippen molar-refractivity contribution < 1.29 is 9.18 Å². The number of nitrogens with zero attached hydrogens (tertiary/aromatic N) is 4. The van der Waals surface area contributed by atoms with Gasteiger partial charge in [-0.1, -0.05) is 32.4 Å². The third-order valence-electron chi connectivity index (χ3n) is 5.80. The molecule has 37 heavy (non-hydrogen) atoms. The molecule has 1 amide bonds. The van der Waals surface area contributed by atoms with E-state index in [1.54, 1.807) is 12.3 Å². The molecule has 4 rings (SSSR count). The van der Waals surface area contributed by atoms with E-state index in [0.717, 1.165) is 11.1 Å². The van der Waals surface area contributed by atoms with Crippen LogP contribution < -0.4 is 16.2 Å². The van der Waals surface area contributed by atoms with Crippen LogP contribution in [0.15, 0.2) is 76.1 Å². The molecule has 3 N–H and O–H groups in total. The molecule has 0 aliphatic carbocycles. The zero-order valence-electron chi connectivity index (χ0n) is 21.1. The Bertz CT molecular complexity index is 1470. The van der Waals surface area contributed by atoms with Crippen LogP contribution in [0, 0.1) is 11.2 Å². The van der Waals surface area contributed by atoms with Crippen molar-refractivity contribution in [3.05, 3.63) is 82.4 Å². The second-order valence-electron chi connectivity index (χ2n) is 9.77. The van der Waals surface area contributed by atoms with Crippen LogP contribution in [0.1, 0.15) is 40.5 Å². The highest BCUT2D eigenvalue weighted by Crippen LogP contribution is 2.29. The zero-order chi connectivity index (χ0) is 26.6. The lowest BCUT2D eigenvalue weighted by Crippen LogP contribution is -2.24. The summed E-state index contributed by atoms with van der Waals surface area (Å²) in [6.07, 6.45) is 7.81. The van der Waals surface area contributed by atoms with Crippen LogP contribution in [-0.2, 0) is 4.79 Å². The molecule has 1 aliphatic rings. The van der Waals surface area contributed by atoms with Crippen LogP contribution in [0.4, 0.5) is 21.6 Å². The Labute approximate surface area is 213 Å². The maximum absolute atomic E-state index is 14.7. The Morgan fingerprint density at radius 1 is 1.11 bits per heavy atom. The molecule has 1 aromatic carbocycles. The molecular formula is C27H28FN7O2. The van der Waals surface area contributed by atoms with Crippen molar-refractivity contribution in [1.82, 2.24) is 20.2 Å². The molecule has 0 atom stereocenters. The second kappa shape index (κ2) is 10.7. The van der Waals surface area contributed by atoms with E-state index in [1.165, 1.54) is 36.8 Å². The lowest BCUT2D eigenvalue weighted by molar-refractivity contribution is -0.110. The van der Waals surface area contributed by atoms with Gasteiger partial charge in [0.15, 0.2) is 0 Å². The summed E-state index contributed by atoms with van der Waals surface area (Å²) >= 11 is 0. The Morgan fingerprint density at radius 2 is 1.92 bits per heavy atom. The number of allylic oxidation sites excluding steroid dienone is 3. The molecule has 3 aromatic rings. The van der Waals surface area contributed by atoms with Crippen molar-refractivity contribution in [3.63, 3.8) is 0 Å². The van der Waals surface area contributed by atoms with E-state index in [1.807, 2.05) is 6.92 Å². The minimum atomic E-state index is -0.602. The van der Waals surface area contributed by atoms with Gasteiger partial charge in [-0.25, -0.2) is 19.5 Å². The average Bonchev–Trinajstić information content (AvgIpc) is 2.84. The first-order valence-corrected chi connectivity index (χ1v) is 11.8. The van der Waals surface area contributed by atoms with Gasteiger partial charge >= 0.3 is 0 Å². The van der Waals surface area contributed by atoms with E-state index in [0.29, 0.717) is 35.6 Å². The number of hydrogen-bond acceptors (Lipinski definition) is 7. The molecule has 0 saturated heterocycles. The standard InChI is InChI=1S/C27H28FN7O2/c1-16-5-8-20(30-14-18(11-16)27(2,3)4)25(36)33-22-12-17(6-7-19(22)28)21-13-23(26(37)35-34-21)32-24-9-10-29-15-31-24/h6-7,9-15H,5,8H2,1-4H3,(H,33,36)(H,35,37)(H,29,31,32,34)/b16-11-,18-14+,30-20?. The van der Waals surface area contributed by atoms with Crippen molar-refractivity contribution in [1.29, 1.82) is 0 Å². The summed E-state index contributed by atoms with van der Waals surface area (Å²) in [5.74, 6) is -0.650. The number of hydrogen-bond donors (Lipinski definition) is 3. The van der Waals surface area contributed by atoms with Gasteiger partial charge in [-0.2, -0.15) is 5.10 Å². The molecule has 0 saturated carbocycles. The van der Waals surface area contributed by atoms with Crippen LogP contribution in [0.3, 0.4) is 0 Å². The summed E-state index contributed by atoms with van der Waals surface area (Å²) in [5, 5.41) is 12.0. The summed E-state index contributed by atoms with van der Waals surface area (Å²) in [7, 11) is 0. The molecule has 9 nitrogen and oxygen atoms in total. The maximum Gasteiger partial charge on any atom is 0.287 e. The van der Waals surface area contributed by atoms with Gasteiger partial charge in [-0.3, -0.25) is 14.6 Å². The first-order chi connectivity index (χ1) is 17.6. The summed E-state index contributed by atoms with van der Waals surface area (Å²) in [4.78, 5) is 37.6. The summed E-state index contributed by atoms with van der Waals surface area (Å²) < 4.78 is 14.7. The highest BCUT2D eigenvalue weighted by molar-refractivity contribution is 6.43. The van der Waals surface area contributed by atoms with E-state index in [2.05, 4.69) is 62.6 Å². The number of halogens is 1. The fraction of sp³-hybridized carbons (Fsp3) is 0.259. The number of rotatable bonds is 5. The van der Waals surface area contributed by atoms with Gasteiger partial charge in [0.2, 0.25) is 0 Å². The van der Waals surface area contributed by atoms with E-state index < -0.39 is 17.3 Å². The van der Waals surface area contributed by atoms with Gasteiger partial charge in [0.1, 0.15) is 29.4 Å². The molecule has 0 fully saturated rings. The Morgan fingerprint density at radius 3 is 2.65 bits per heavy atom. The lowest BCUT2D eigenvalue weighted by atomic mass is 9.85. The van der Waals surface area contributed by atoms with Gasteiger partial charge < -0.3 is 10.6 Å².